The Morgan fingerprint density at radius 3 is 2.82 bits per heavy atom. The van der Waals surface area contributed by atoms with Gasteiger partial charge in [-0.05, 0) is 25.5 Å². The molecule has 0 bridgehead atoms. The van der Waals surface area contributed by atoms with Crippen LogP contribution in [0.15, 0.2) is 24.3 Å². The Morgan fingerprint density at radius 2 is 2.24 bits per heavy atom. The number of para-hydroxylation sites is 1. The maximum atomic E-state index is 11.2. The molecule has 2 rings (SSSR count). The van der Waals surface area contributed by atoms with Gasteiger partial charge in [0, 0.05) is 13.1 Å². The minimum absolute atomic E-state index is 0.459. The maximum Gasteiger partial charge on any atom is 0.311 e. The fourth-order valence-corrected chi connectivity index (χ4v) is 2.19. The van der Waals surface area contributed by atoms with Crippen molar-refractivity contribution in [3.8, 4) is 6.07 Å². The van der Waals surface area contributed by atoms with Crippen LogP contribution in [0.2, 0.25) is 0 Å². The first-order chi connectivity index (χ1) is 8.07. The van der Waals surface area contributed by atoms with Gasteiger partial charge in [0.05, 0.1) is 16.7 Å². The minimum atomic E-state index is -0.769. The van der Waals surface area contributed by atoms with Crippen molar-refractivity contribution in [2.45, 2.75) is 13.3 Å². The highest BCUT2D eigenvalue weighted by Gasteiger charge is 2.40. The lowest BCUT2D eigenvalue weighted by Crippen LogP contribution is -2.31. The number of benzene rings is 1. The summed E-state index contributed by atoms with van der Waals surface area (Å²) >= 11 is 0. The Balaban J connectivity index is 2.27. The summed E-state index contributed by atoms with van der Waals surface area (Å²) in [6.07, 6.45) is 0.613. The fourth-order valence-electron chi connectivity index (χ4n) is 2.19. The zero-order valence-electron chi connectivity index (χ0n) is 9.68. The molecule has 1 aromatic rings. The molecule has 1 saturated heterocycles. The molecule has 1 heterocycles. The van der Waals surface area contributed by atoms with Crippen molar-refractivity contribution in [1.82, 2.24) is 0 Å². The molecule has 1 atom stereocenters. The second-order valence-corrected chi connectivity index (χ2v) is 4.67. The van der Waals surface area contributed by atoms with E-state index < -0.39 is 11.4 Å². The van der Waals surface area contributed by atoms with Gasteiger partial charge in [0.15, 0.2) is 0 Å². The molecule has 1 aliphatic heterocycles. The summed E-state index contributed by atoms with van der Waals surface area (Å²) in [4.78, 5) is 13.1. The average Bonchev–Trinajstić information content (AvgIpc) is 2.73. The van der Waals surface area contributed by atoms with Crippen molar-refractivity contribution in [1.29, 1.82) is 5.26 Å². The zero-order chi connectivity index (χ0) is 12.5. The number of aliphatic carboxylic acids is 1. The van der Waals surface area contributed by atoms with Crippen molar-refractivity contribution in [3.63, 3.8) is 0 Å². The van der Waals surface area contributed by atoms with E-state index in [1.165, 1.54) is 0 Å². The summed E-state index contributed by atoms with van der Waals surface area (Å²) in [5.74, 6) is -0.769. The third kappa shape index (κ3) is 1.96. The molecule has 1 aromatic carbocycles. The van der Waals surface area contributed by atoms with Crippen LogP contribution in [-0.4, -0.2) is 24.2 Å². The first-order valence-electron chi connectivity index (χ1n) is 5.54. The molecule has 88 valence electrons. The van der Waals surface area contributed by atoms with E-state index in [2.05, 4.69) is 6.07 Å². The zero-order valence-corrected chi connectivity index (χ0v) is 9.68. The van der Waals surface area contributed by atoms with Gasteiger partial charge in [0.25, 0.3) is 0 Å². The average molecular weight is 230 g/mol. The van der Waals surface area contributed by atoms with Gasteiger partial charge >= 0.3 is 5.97 Å². The lowest BCUT2D eigenvalue weighted by Gasteiger charge is -2.22. The second kappa shape index (κ2) is 4.10. The van der Waals surface area contributed by atoms with E-state index in [0.29, 0.717) is 25.1 Å². The van der Waals surface area contributed by atoms with Crippen LogP contribution in [0.5, 0.6) is 0 Å². The molecule has 0 aliphatic carbocycles. The lowest BCUT2D eigenvalue weighted by atomic mass is 9.90. The van der Waals surface area contributed by atoms with Gasteiger partial charge in [-0.3, -0.25) is 4.79 Å². The third-order valence-electron chi connectivity index (χ3n) is 3.35. The summed E-state index contributed by atoms with van der Waals surface area (Å²) in [6.45, 7) is 2.90. The van der Waals surface area contributed by atoms with Crippen LogP contribution in [0.1, 0.15) is 18.9 Å². The summed E-state index contributed by atoms with van der Waals surface area (Å²) < 4.78 is 0. The van der Waals surface area contributed by atoms with E-state index in [-0.39, 0.29) is 0 Å². The van der Waals surface area contributed by atoms with E-state index in [9.17, 15) is 9.90 Å². The molecule has 0 spiro atoms. The Hall–Kier alpha value is -2.02. The second-order valence-electron chi connectivity index (χ2n) is 4.67. The van der Waals surface area contributed by atoms with Crippen LogP contribution in [0.3, 0.4) is 0 Å². The Bertz CT molecular complexity index is 492. The van der Waals surface area contributed by atoms with Crippen LogP contribution < -0.4 is 4.90 Å². The fraction of sp³-hybridized carbons (Fsp3) is 0.385. The largest absolute Gasteiger partial charge is 0.481 e. The van der Waals surface area contributed by atoms with Gasteiger partial charge in [0.1, 0.15) is 6.07 Å². The standard InChI is InChI=1S/C13H14N2O2/c1-13(12(16)17)6-7-15(9-13)11-5-3-2-4-10(11)8-14/h2-5H,6-7,9H2,1H3,(H,16,17). The monoisotopic (exact) mass is 230 g/mol. The molecule has 1 unspecified atom stereocenters. The van der Waals surface area contributed by atoms with Gasteiger partial charge in [-0.1, -0.05) is 12.1 Å². The molecular formula is C13H14N2O2. The normalized spacial score (nSPS) is 23.4. The molecule has 0 radical (unpaired) electrons. The smallest absolute Gasteiger partial charge is 0.311 e. The molecule has 1 fully saturated rings. The van der Waals surface area contributed by atoms with Crippen LogP contribution in [0.4, 0.5) is 5.69 Å². The third-order valence-corrected chi connectivity index (χ3v) is 3.35. The van der Waals surface area contributed by atoms with Gasteiger partial charge in [0.2, 0.25) is 0 Å². The van der Waals surface area contributed by atoms with Crippen LogP contribution in [0, 0.1) is 16.7 Å². The number of nitrogens with zero attached hydrogens (tertiary/aromatic N) is 2. The topological polar surface area (TPSA) is 64.3 Å². The Morgan fingerprint density at radius 1 is 1.53 bits per heavy atom. The van der Waals surface area contributed by atoms with Crippen molar-refractivity contribution < 1.29 is 9.90 Å². The summed E-state index contributed by atoms with van der Waals surface area (Å²) in [7, 11) is 0. The summed E-state index contributed by atoms with van der Waals surface area (Å²) in [5.41, 5.74) is 0.727. The number of anilines is 1. The van der Waals surface area contributed by atoms with Gasteiger partial charge < -0.3 is 10.0 Å². The number of rotatable bonds is 2. The number of hydrogen-bond donors (Lipinski definition) is 1. The number of nitriles is 1. The van der Waals surface area contributed by atoms with E-state index in [0.717, 1.165) is 5.69 Å². The number of carbonyl (C=O) groups is 1. The highest BCUT2D eigenvalue weighted by molar-refractivity contribution is 5.76. The maximum absolute atomic E-state index is 11.2. The van der Waals surface area contributed by atoms with Crippen molar-refractivity contribution in [2.24, 2.45) is 5.41 Å². The van der Waals surface area contributed by atoms with E-state index >= 15 is 0 Å². The molecule has 0 saturated carbocycles. The van der Waals surface area contributed by atoms with Crippen LogP contribution in [0.25, 0.3) is 0 Å². The summed E-state index contributed by atoms with van der Waals surface area (Å²) in [5, 5.41) is 18.2. The lowest BCUT2D eigenvalue weighted by molar-refractivity contribution is -0.146. The predicted octanol–water partition coefficient (Wildman–Crippen LogP) is 1.86. The van der Waals surface area contributed by atoms with Crippen LogP contribution in [-0.2, 0) is 4.79 Å². The quantitative estimate of drug-likeness (QED) is 0.842. The Labute approximate surface area is 100 Å². The molecule has 1 aliphatic rings. The van der Waals surface area contributed by atoms with E-state index in [4.69, 9.17) is 5.26 Å². The molecule has 4 nitrogen and oxygen atoms in total. The van der Waals surface area contributed by atoms with Crippen molar-refractivity contribution in [3.05, 3.63) is 29.8 Å². The number of carboxylic acid groups (broad SMARTS) is 1. The molecule has 0 amide bonds. The minimum Gasteiger partial charge on any atom is -0.481 e. The molecular weight excluding hydrogens is 216 g/mol. The SMILES string of the molecule is CC1(C(=O)O)CCN(c2ccccc2C#N)C1. The van der Waals surface area contributed by atoms with Gasteiger partial charge in [-0.15, -0.1) is 0 Å². The van der Waals surface area contributed by atoms with Crippen LogP contribution >= 0.6 is 0 Å². The highest BCUT2D eigenvalue weighted by atomic mass is 16.4. The summed E-state index contributed by atoms with van der Waals surface area (Å²) in [6, 6.07) is 9.44. The number of hydrogen-bond acceptors (Lipinski definition) is 3. The molecule has 0 aromatic heterocycles. The van der Waals surface area contributed by atoms with Crippen molar-refractivity contribution >= 4 is 11.7 Å². The molecule has 1 N–H and O–H groups in total. The van der Waals surface area contributed by atoms with Crippen molar-refractivity contribution in [2.75, 3.05) is 18.0 Å². The molecule has 17 heavy (non-hydrogen) atoms. The Kier molecular flexibility index (Phi) is 2.76. The molecule has 4 heteroatoms. The van der Waals surface area contributed by atoms with E-state index in [1.54, 1.807) is 13.0 Å². The number of carboxylic acids is 1. The highest BCUT2D eigenvalue weighted by Crippen LogP contribution is 2.34. The van der Waals surface area contributed by atoms with E-state index in [1.807, 2.05) is 23.1 Å². The first-order valence-corrected chi connectivity index (χ1v) is 5.54. The predicted molar refractivity (Wildman–Crippen MR) is 63.7 cm³/mol. The van der Waals surface area contributed by atoms with Gasteiger partial charge in [-0.2, -0.15) is 5.26 Å². The first kappa shape index (κ1) is 11.5. The van der Waals surface area contributed by atoms with Gasteiger partial charge in [-0.25, -0.2) is 0 Å².